The number of hydrogen-bond acceptors (Lipinski definition) is 9. The molecule has 0 atom stereocenters. The Morgan fingerprint density at radius 3 is 1.79 bits per heavy atom. The van der Waals surface area contributed by atoms with Crippen LogP contribution in [0.25, 0.3) is 23.1 Å². The monoisotopic (exact) mass is 643 g/mol. The number of carboxylic acid groups (broad SMARTS) is 4. The summed E-state index contributed by atoms with van der Waals surface area (Å²) in [4.78, 5) is 52.7. The molecule has 3 aromatic carbocycles. The number of fused-ring (bicyclic) bond motifs is 1. The van der Waals surface area contributed by atoms with Crippen LogP contribution in [0, 0.1) is 6.92 Å². The highest BCUT2D eigenvalue weighted by Gasteiger charge is 2.20. The summed E-state index contributed by atoms with van der Waals surface area (Å²) in [6.07, 6.45) is 5.45. The number of carbonyl (C=O) groups is 4. The highest BCUT2D eigenvalue weighted by atomic mass is 16.5. The molecule has 0 unspecified atom stereocenters. The Kier molecular flexibility index (Phi) is 11.3. The maximum atomic E-state index is 11.6. The Labute approximate surface area is 269 Å². The number of para-hydroxylation sites is 1. The predicted molar refractivity (Wildman–Crippen MR) is 174 cm³/mol. The Morgan fingerprint density at radius 1 is 0.681 bits per heavy atom. The number of rotatable bonds is 17. The topological polar surface area (TPSA) is 187 Å². The van der Waals surface area contributed by atoms with Crippen molar-refractivity contribution >= 4 is 58.3 Å². The van der Waals surface area contributed by atoms with E-state index in [1.807, 2.05) is 42.5 Å². The molecule has 4 rings (SSSR count). The van der Waals surface area contributed by atoms with Crippen LogP contribution in [0.2, 0.25) is 0 Å². The molecule has 0 spiro atoms. The van der Waals surface area contributed by atoms with Crippen LogP contribution in [0.4, 0.5) is 11.4 Å². The summed E-state index contributed by atoms with van der Waals surface area (Å²) < 4.78 is 11.9. The number of aryl methyl sites for hydroxylation is 1. The second-order valence-corrected chi connectivity index (χ2v) is 10.4. The van der Waals surface area contributed by atoms with Gasteiger partial charge in [0.05, 0.1) is 16.9 Å². The van der Waals surface area contributed by atoms with Gasteiger partial charge in [-0.05, 0) is 60.0 Å². The molecule has 4 N–H and O–H groups in total. The molecule has 13 nitrogen and oxygen atoms in total. The van der Waals surface area contributed by atoms with E-state index in [9.17, 15) is 39.6 Å². The summed E-state index contributed by atoms with van der Waals surface area (Å²) in [6.45, 7) is -0.654. The maximum Gasteiger partial charge on any atom is 0.323 e. The van der Waals surface area contributed by atoms with E-state index in [0.717, 1.165) is 26.9 Å². The standard InChI is InChI=1S/C34H33N3O10/c1-22-6-10-27(36(18-31(38)39)19-32(40)41)29(16-22)46-14-15-47-30-17-23(8-11-28(30)37(20-33(42)43)21-34(44)45)7-9-24-12-13-35-26-5-3-2-4-25(24)26/h2-13,16-17H,14-15,18-21H2,1H3,(H,38,39)(H,40,41)(H,42,43)(H,44,45)/b9-7+. The van der Waals surface area contributed by atoms with Crippen molar-refractivity contribution in [3.05, 3.63) is 89.6 Å². The highest BCUT2D eigenvalue weighted by molar-refractivity contribution is 5.90. The lowest BCUT2D eigenvalue weighted by atomic mass is 10.1. The van der Waals surface area contributed by atoms with Crippen LogP contribution < -0.4 is 19.3 Å². The van der Waals surface area contributed by atoms with Crippen molar-refractivity contribution in [2.24, 2.45) is 0 Å². The first kappa shape index (κ1) is 33.8. The third kappa shape index (κ3) is 9.69. The molecule has 0 amide bonds. The molecule has 0 saturated carbocycles. The molecular weight excluding hydrogens is 610 g/mol. The molecule has 0 bridgehead atoms. The maximum absolute atomic E-state index is 11.6. The zero-order valence-electron chi connectivity index (χ0n) is 25.4. The second kappa shape index (κ2) is 15.8. The van der Waals surface area contributed by atoms with Crippen molar-refractivity contribution in [2.45, 2.75) is 6.92 Å². The van der Waals surface area contributed by atoms with Gasteiger partial charge in [-0.2, -0.15) is 0 Å². The smallest absolute Gasteiger partial charge is 0.323 e. The normalized spacial score (nSPS) is 10.9. The first-order valence-electron chi connectivity index (χ1n) is 14.4. The number of aromatic nitrogens is 1. The van der Waals surface area contributed by atoms with Crippen molar-refractivity contribution in [1.82, 2.24) is 4.98 Å². The zero-order valence-corrected chi connectivity index (χ0v) is 25.4. The number of benzene rings is 3. The molecule has 244 valence electrons. The lowest BCUT2D eigenvalue weighted by Gasteiger charge is -2.25. The van der Waals surface area contributed by atoms with Crippen molar-refractivity contribution in [3.8, 4) is 11.5 Å². The molecular formula is C34H33N3O10. The quantitative estimate of drug-likeness (QED) is 0.120. The minimum atomic E-state index is -1.23. The predicted octanol–water partition coefficient (Wildman–Crippen LogP) is 4.12. The van der Waals surface area contributed by atoms with Gasteiger partial charge < -0.3 is 39.7 Å². The summed E-state index contributed by atoms with van der Waals surface area (Å²) in [5, 5.41) is 38.5. The molecule has 0 aliphatic heterocycles. The van der Waals surface area contributed by atoms with Gasteiger partial charge in [-0.25, -0.2) is 0 Å². The van der Waals surface area contributed by atoms with Crippen molar-refractivity contribution in [1.29, 1.82) is 0 Å². The van der Waals surface area contributed by atoms with Crippen LogP contribution in [-0.4, -0.2) is 88.7 Å². The summed E-state index contributed by atoms with van der Waals surface area (Å²) in [5.41, 5.74) is 3.74. The lowest BCUT2D eigenvalue weighted by Crippen LogP contribution is -2.35. The van der Waals surface area contributed by atoms with Crippen LogP contribution in [0.3, 0.4) is 0 Å². The first-order chi connectivity index (χ1) is 22.5. The third-order valence-electron chi connectivity index (χ3n) is 6.82. The fourth-order valence-corrected chi connectivity index (χ4v) is 4.87. The van der Waals surface area contributed by atoms with E-state index in [2.05, 4.69) is 4.98 Å². The van der Waals surface area contributed by atoms with Gasteiger partial charge in [0.15, 0.2) is 0 Å². The van der Waals surface area contributed by atoms with Crippen molar-refractivity contribution < 1.29 is 49.1 Å². The molecule has 1 aromatic heterocycles. The molecule has 1 heterocycles. The van der Waals surface area contributed by atoms with Gasteiger partial charge in [0.25, 0.3) is 0 Å². The molecule has 0 radical (unpaired) electrons. The average molecular weight is 644 g/mol. The fraction of sp³-hybridized carbons (Fsp3) is 0.206. The molecule has 13 heteroatoms. The number of carboxylic acids is 4. The van der Waals surface area contributed by atoms with Crippen LogP contribution in [0.1, 0.15) is 16.7 Å². The van der Waals surface area contributed by atoms with E-state index < -0.39 is 50.1 Å². The van der Waals surface area contributed by atoms with Gasteiger partial charge in [0.1, 0.15) is 50.9 Å². The van der Waals surface area contributed by atoms with E-state index in [1.165, 1.54) is 4.90 Å². The van der Waals surface area contributed by atoms with Crippen molar-refractivity contribution in [3.63, 3.8) is 0 Å². The summed E-state index contributed by atoms with van der Waals surface area (Å²) in [7, 11) is 0. The first-order valence-corrected chi connectivity index (χ1v) is 14.4. The number of anilines is 2. The summed E-state index contributed by atoms with van der Waals surface area (Å²) >= 11 is 0. The Bertz CT molecular complexity index is 1770. The average Bonchev–Trinajstić information content (AvgIpc) is 3.00. The van der Waals surface area contributed by atoms with Gasteiger partial charge in [0, 0.05) is 11.6 Å². The van der Waals surface area contributed by atoms with Crippen LogP contribution >= 0.6 is 0 Å². The van der Waals surface area contributed by atoms with Crippen LogP contribution in [0.15, 0.2) is 72.9 Å². The third-order valence-corrected chi connectivity index (χ3v) is 6.82. The molecule has 0 fully saturated rings. The molecule has 47 heavy (non-hydrogen) atoms. The number of ether oxygens (including phenoxy) is 2. The minimum absolute atomic E-state index is 0.0647. The molecule has 4 aromatic rings. The largest absolute Gasteiger partial charge is 0.488 e. The molecule has 0 saturated heterocycles. The number of pyridine rings is 1. The van der Waals surface area contributed by atoms with Gasteiger partial charge in [-0.1, -0.05) is 42.5 Å². The summed E-state index contributed by atoms with van der Waals surface area (Å²) in [5.74, 6) is -4.43. The van der Waals surface area contributed by atoms with E-state index in [1.54, 1.807) is 49.5 Å². The lowest BCUT2D eigenvalue weighted by molar-refractivity contribution is -0.138. The SMILES string of the molecule is Cc1ccc(N(CC(=O)O)CC(=O)O)c(OCCOc2cc(/C=C/c3ccnc4ccccc34)ccc2N(CC(=O)O)CC(=O)O)c1. The van der Waals surface area contributed by atoms with E-state index >= 15 is 0 Å². The van der Waals surface area contributed by atoms with Crippen LogP contribution in [-0.2, 0) is 19.2 Å². The summed E-state index contributed by atoms with van der Waals surface area (Å²) in [6, 6.07) is 19.4. The fourth-order valence-electron chi connectivity index (χ4n) is 4.87. The number of aliphatic carboxylic acids is 4. The zero-order chi connectivity index (χ0) is 33.9. The van der Waals surface area contributed by atoms with E-state index in [0.29, 0.717) is 5.56 Å². The van der Waals surface area contributed by atoms with E-state index in [-0.39, 0.29) is 36.1 Å². The second-order valence-electron chi connectivity index (χ2n) is 10.4. The number of hydrogen-bond donors (Lipinski definition) is 4. The van der Waals surface area contributed by atoms with Crippen molar-refractivity contribution in [2.75, 3.05) is 49.2 Å². The van der Waals surface area contributed by atoms with E-state index in [4.69, 9.17) is 9.47 Å². The molecule has 0 aliphatic rings. The Hall–Kier alpha value is -6.11. The Balaban J connectivity index is 1.60. The minimum Gasteiger partial charge on any atom is -0.488 e. The van der Waals surface area contributed by atoms with Crippen LogP contribution in [0.5, 0.6) is 11.5 Å². The highest BCUT2D eigenvalue weighted by Crippen LogP contribution is 2.32. The Morgan fingerprint density at radius 2 is 1.21 bits per heavy atom. The van der Waals surface area contributed by atoms with Gasteiger partial charge >= 0.3 is 23.9 Å². The van der Waals surface area contributed by atoms with Gasteiger partial charge in [-0.15, -0.1) is 0 Å². The van der Waals surface area contributed by atoms with Gasteiger partial charge in [-0.3, -0.25) is 24.2 Å². The van der Waals surface area contributed by atoms with Gasteiger partial charge in [0.2, 0.25) is 0 Å². The number of nitrogens with zero attached hydrogens (tertiary/aromatic N) is 3. The molecule has 0 aliphatic carbocycles.